The fourth-order valence-electron chi connectivity index (χ4n) is 1.51. The summed E-state index contributed by atoms with van der Waals surface area (Å²) in [5.74, 6) is -1.72. The van der Waals surface area contributed by atoms with Gasteiger partial charge in [-0.25, -0.2) is 9.78 Å². The van der Waals surface area contributed by atoms with Crippen LogP contribution in [0.2, 0.25) is 10.2 Å². The average molecular weight is 331 g/mol. The summed E-state index contributed by atoms with van der Waals surface area (Å²) in [5.41, 5.74) is 0.838. The van der Waals surface area contributed by atoms with E-state index in [1.165, 1.54) is 12.1 Å². The maximum Gasteiger partial charge on any atom is 0.348 e. The number of halogens is 2. The van der Waals surface area contributed by atoms with Gasteiger partial charge >= 0.3 is 5.97 Å². The Hall–Kier alpha value is -1.63. The zero-order valence-electron chi connectivity index (χ0n) is 10.1. The number of amides is 1. The molecule has 2 heterocycles. The molecule has 20 heavy (non-hydrogen) atoms. The Kier molecular flexibility index (Phi) is 4.27. The first-order valence-electron chi connectivity index (χ1n) is 5.35. The number of nitrogens with one attached hydrogen (secondary N) is 1. The van der Waals surface area contributed by atoms with Crippen LogP contribution in [0.4, 0.5) is 5.69 Å². The van der Waals surface area contributed by atoms with E-state index in [9.17, 15) is 9.59 Å². The van der Waals surface area contributed by atoms with E-state index in [0.717, 1.165) is 11.3 Å². The van der Waals surface area contributed by atoms with Crippen LogP contribution in [0.5, 0.6) is 0 Å². The zero-order chi connectivity index (χ0) is 14.9. The van der Waals surface area contributed by atoms with Crippen LogP contribution in [0.15, 0.2) is 17.5 Å². The van der Waals surface area contributed by atoms with Crippen molar-refractivity contribution in [3.63, 3.8) is 0 Å². The van der Waals surface area contributed by atoms with Gasteiger partial charge in [-0.2, -0.15) is 0 Å². The Morgan fingerprint density at radius 2 is 2.05 bits per heavy atom. The molecule has 104 valence electrons. The standard InChI is InChI=1S/C12H8Cl2N2O3S/c1-5-4-20-10(12(18)19)8(5)16-11(17)9-6(13)2-3-7(14)15-9/h2-4H,1H3,(H,16,17)(H,18,19). The quantitative estimate of drug-likeness (QED) is 0.841. The molecule has 0 radical (unpaired) electrons. The van der Waals surface area contributed by atoms with Gasteiger partial charge in [0.1, 0.15) is 15.7 Å². The monoisotopic (exact) mass is 330 g/mol. The molecule has 0 aliphatic heterocycles. The molecule has 2 aromatic rings. The summed E-state index contributed by atoms with van der Waals surface area (Å²) in [6.07, 6.45) is 0. The molecular weight excluding hydrogens is 323 g/mol. The molecular formula is C12H8Cl2N2O3S. The summed E-state index contributed by atoms with van der Waals surface area (Å²) in [6.45, 7) is 1.70. The van der Waals surface area contributed by atoms with Crippen LogP contribution in [-0.4, -0.2) is 22.0 Å². The third kappa shape index (κ3) is 2.92. The second kappa shape index (κ2) is 5.78. The summed E-state index contributed by atoms with van der Waals surface area (Å²) in [5, 5.41) is 13.5. The maximum atomic E-state index is 12.1. The molecule has 0 saturated carbocycles. The van der Waals surface area contributed by atoms with E-state index >= 15 is 0 Å². The smallest absolute Gasteiger partial charge is 0.348 e. The van der Waals surface area contributed by atoms with Gasteiger partial charge in [0.15, 0.2) is 0 Å². The number of thiophene rings is 1. The number of nitrogens with zero attached hydrogens (tertiary/aromatic N) is 1. The molecule has 1 amide bonds. The third-order valence-corrected chi connectivity index (χ3v) is 4.04. The number of rotatable bonds is 3. The largest absolute Gasteiger partial charge is 0.477 e. The second-order valence-electron chi connectivity index (χ2n) is 3.85. The highest BCUT2D eigenvalue weighted by molar-refractivity contribution is 7.12. The molecule has 2 aromatic heterocycles. The number of anilines is 1. The predicted molar refractivity (Wildman–Crippen MR) is 78.2 cm³/mol. The number of hydrogen-bond acceptors (Lipinski definition) is 4. The van der Waals surface area contributed by atoms with Gasteiger partial charge in [0.25, 0.3) is 5.91 Å². The molecule has 2 rings (SSSR count). The number of carboxylic acid groups (broad SMARTS) is 1. The number of aromatic nitrogens is 1. The SMILES string of the molecule is Cc1csc(C(=O)O)c1NC(=O)c1nc(Cl)ccc1Cl. The van der Waals surface area contributed by atoms with Crippen LogP contribution in [0.25, 0.3) is 0 Å². The lowest BCUT2D eigenvalue weighted by molar-refractivity contribution is 0.0703. The van der Waals surface area contributed by atoms with E-state index in [1.54, 1.807) is 12.3 Å². The molecule has 0 aromatic carbocycles. The highest BCUT2D eigenvalue weighted by Gasteiger charge is 2.20. The van der Waals surface area contributed by atoms with Crippen LogP contribution >= 0.6 is 34.5 Å². The molecule has 0 fully saturated rings. The van der Waals surface area contributed by atoms with E-state index < -0.39 is 11.9 Å². The van der Waals surface area contributed by atoms with E-state index in [-0.39, 0.29) is 26.4 Å². The first-order valence-corrected chi connectivity index (χ1v) is 6.98. The molecule has 8 heteroatoms. The van der Waals surface area contributed by atoms with Gasteiger partial charge in [-0.3, -0.25) is 4.79 Å². The van der Waals surface area contributed by atoms with Crippen molar-refractivity contribution in [1.82, 2.24) is 4.98 Å². The van der Waals surface area contributed by atoms with Gasteiger partial charge < -0.3 is 10.4 Å². The van der Waals surface area contributed by atoms with Gasteiger partial charge in [0.2, 0.25) is 0 Å². The molecule has 0 bridgehead atoms. The summed E-state index contributed by atoms with van der Waals surface area (Å²) < 4.78 is 0. The number of aryl methyl sites for hydroxylation is 1. The highest BCUT2D eigenvalue weighted by Crippen LogP contribution is 2.28. The van der Waals surface area contributed by atoms with Gasteiger partial charge in [0, 0.05) is 0 Å². The van der Waals surface area contributed by atoms with Crippen LogP contribution in [-0.2, 0) is 0 Å². The number of aromatic carboxylic acids is 1. The van der Waals surface area contributed by atoms with Crippen LogP contribution in [0.1, 0.15) is 25.7 Å². The molecule has 0 atom stereocenters. The lowest BCUT2D eigenvalue weighted by atomic mass is 10.2. The van der Waals surface area contributed by atoms with Crippen molar-refractivity contribution in [3.8, 4) is 0 Å². The first kappa shape index (κ1) is 14.8. The lowest BCUT2D eigenvalue weighted by Crippen LogP contribution is -2.16. The van der Waals surface area contributed by atoms with Crippen LogP contribution in [0.3, 0.4) is 0 Å². The molecule has 0 spiro atoms. The van der Waals surface area contributed by atoms with Gasteiger partial charge in [-0.1, -0.05) is 23.2 Å². The third-order valence-electron chi connectivity index (χ3n) is 2.43. The summed E-state index contributed by atoms with van der Waals surface area (Å²) in [7, 11) is 0. The fraction of sp³-hybridized carbons (Fsp3) is 0.0833. The van der Waals surface area contributed by atoms with Crippen molar-refractivity contribution >= 4 is 52.1 Å². The normalized spacial score (nSPS) is 10.3. The molecule has 0 aliphatic carbocycles. The van der Waals surface area contributed by atoms with Crippen molar-refractivity contribution in [2.24, 2.45) is 0 Å². The number of carboxylic acids is 1. The van der Waals surface area contributed by atoms with Crippen molar-refractivity contribution in [2.75, 3.05) is 5.32 Å². The molecule has 0 aliphatic rings. The van der Waals surface area contributed by atoms with Crippen LogP contribution in [0, 0.1) is 6.92 Å². The molecule has 0 saturated heterocycles. The second-order valence-corrected chi connectivity index (χ2v) is 5.52. The van der Waals surface area contributed by atoms with E-state index in [2.05, 4.69) is 10.3 Å². The van der Waals surface area contributed by atoms with E-state index in [1.807, 2.05) is 0 Å². The Morgan fingerprint density at radius 3 is 2.70 bits per heavy atom. The highest BCUT2D eigenvalue weighted by atomic mass is 35.5. The Bertz CT molecular complexity index is 700. The van der Waals surface area contributed by atoms with Crippen molar-refractivity contribution < 1.29 is 14.7 Å². The average Bonchev–Trinajstić information content (AvgIpc) is 2.74. The Morgan fingerprint density at radius 1 is 1.35 bits per heavy atom. The number of pyridine rings is 1. The van der Waals surface area contributed by atoms with Crippen molar-refractivity contribution in [2.45, 2.75) is 6.92 Å². The Labute approximate surface area is 128 Å². The number of carbonyl (C=O) groups excluding carboxylic acids is 1. The van der Waals surface area contributed by atoms with Crippen molar-refractivity contribution in [3.05, 3.63) is 43.8 Å². The topological polar surface area (TPSA) is 79.3 Å². The van der Waals surface area contributed by atoms with Crippen LogP contribution < -0.4 is 5.32 Å². The molecule has 5 nitrogen and oxygen atoms in total. The minimum absolute atomic E-state index is 0.0500. The molecule has 0 unspecified atom stereocenters. The summed E-state index contributed by atoms with van der Waals surface area (Å²) >= 11 is 12.6. The first-order chi connectivity index (χ1) is 9.40. The minimum Gasteiger partial charge on any atom is -0.477 e. The maximum absolute atomic E-state index is 12.1. The Balaban J connectivity index is 2.35. The van der Waals surface area contributed by atoms with Crippen molar-refractivity contribution in [1.29, 1.82) is 0 Å². The fourth-order valence-corrected chi connectivity index (χ4v) is 2.69. The van der Waals surface area contributed by atoms with Gasteiger partial charge in [-0.15, -0.1) is 11.3 Å². The molecule has 2 N–H and O–H groups in total. The minimum atomic E-state index is -1.11. The zero-order valence-corrected chi connectivity index (χ0v) is 12.4. The summed E-state index contributed by atoms with van der Waals surface area (Å²) in [6, 6.07) is 2.91. The summed E-state index contributed by atoms with van der Waals surface area (Å²) in [4.78, 5) is 27.1. The lowest BCUT2D eigenvalue weighted by Gasteiger charge is -2.07. The predicted octanol–water partition coefficient (Wildman–Crippen LogP) is 3.71. The number of carbonyl (C=O) groups is 2. The van der Waals surface area contributed by atoms with Gasteiger partial charge in [-0.05, 0) is 30.0 Å². The number of hydrogen-bond donors (Lipinski definition) is 2. The van der Waals surface area contributed by atoms with Gasteiger partial charge in [0.05, 0.1) is 10.7 Å². The van der Waals surface area contributed by atoms with E-state index in [0.29, 0.717) is 5.56 Å². The van der Waals surface area contributed by atoms with E-state index in [4.69, 9.17) is 28.3 Å².